The van der Waals surface area contributed by atoms with Crippen LogP contribution in [0.4, 0.5) is 11.4 Å². The molecule has 3 N–H and O–H groups in total. The fourth-order valence-electron chi connectivity index (χ4n) is 4.07. The Morgan fingerprint density at radius 1 is 0.854 bits per heavy atom. The number of hydrazone groups is 1. The number of furan rings is 1. The molecule has 0 bridgehead atoms. The summed E-state index contributed by atoms with van der Waals surface area (Å²) in [6, 6.07) is 17.6. The smallest absolute Gasteiger partial charge is 0.313 e. The lowest BCUT2D eigenvalue weighted by Gasteiger charge is -2.24. The summed E-state index contributed by atoms with van der Waals surface area (Å²) < 4.78 is 49.6. The summed E-state index contributed by atoms with van der Waals surface area (Å²) in [6.07, 6.45) is 1.18. The molecule has 4 aromatic rings. The van der Waals surface area contributed by atoms with Crippen molar-refractivity contribution < 1.29 is 41.4 Å². The highest BCUT2D eigenvalue weighted by Gasteiger charge is 2.28. The van der Waals surface area contributed by atoms with Crippen molar-refractivity contribution in [1.82, 2.24) is 10.7 Å². The van der Waals surface area contributed by atoms with Gasteiger partial charge in [0.2, 0.25) is 0 Å². The first-order chi connectivity index (χ1) is 22.9. The lowest BCUT2D eigenvalue weighted by Crippen LogP contribution is -2.39. The number of carbonyl (C=O) groups excluding carboxylic acids is 3. The van der Waals surface area contributed by atoms with E-state index in [0.29, 0.717) is 16.5 Å². The van der Waals surface area contributed by atoms with Crippen LogP contribution in [-0.4, -0.2) is 60.2 Å². The zero-order chi connectivity index (χ0) is 34.8. The molecule has 1 heterocycles. The molecule has 0 spiro atoms. The highest BCUT2D eigenvalue weighted by molar-refractivity contribution is 7.92. The average Bonchev–Trinajstić information content (AvgIpc) is 3.54. The molecule has 252 valence electrons. The van der Waals surface area contributed by atoms with E-state index >= 15 is 0 Å². The summed E-state index contributed by atoms with van der Waals surface area (Å²) in [5.74, 6) is -1.14. The first kappa shape index (κ1) is 35.6. The Morgan fingerprint density at radius 3 is 2.25 bits per heavy atom. The first-order valence-electron chi connectivity index (χ1n) is 13.8. The summed E-state index contributed by atoms with van der Waals surface area (Å²) in [7, 11) is -0.0261. The number of nitrogens with zero attached hydrogens (tertiary/aromatic N) is 2. The second kappa shape index (κ2) is 16.0. The predicted octanol–water partition coefficient (Wildman–Crippen LogP) is 4.21. The number of anilines is 2. The number of hydrogen-bond donors (Lipinski definition) is 3. The van der Waals surface area contributed by atoms with Crippen LogP contribution in [-0.2, 0) is 31.0 Å². The number of sulfonamides is 1. The molecular weight excluding hydrogens is 689 g/mol. The van der Waals surface area contributed by atoms with Crippen LogP contribution >= 0.6 is 23.2 Å². The van der Waals surface area contributed by atoms with Gasteiger partial charge in [-0.1, -0.05) is 23.2 Å². The van der Waals surface area contributed by atoms with Crippen molar-refractivity contribution >= 4 is 68.5 Å². The van der Waals surface area contributed by atoms with Gasteiger partial charge in [0, 0.05) is 11.8 Å². The number of rotatable bonds is 13. The lowest BCUT2D eigenvalue weighted by molar-refractivity contribution is -0.136. The Balaban J connectivity index is 1.39. The topological polar surface area (TPSA) is 178 Å². The third kappa shape index (κ3) is 8.96. The van der Waals surface area contributed by atoms with Gasteiger partial charge in [-0.3, -0.25) is 18.7 Å². The van der Waals surface area contributed by atoms with Gasteiger partial charge in [-0.05, 0) is 66.7 Å². The molecule has 48 heavy (non-hydrogen) atoms. The highest BCUT2D eigenvalue weighted by atomic mass is 35.5. The third-order valence-corrected chi connectivity index (χ3v) is 8.97. The quantitative estimate of drug-likeness (QED) is 0.104. The fraction of sp³-hybridized carbons (Fsp3) is 0.161. The zero-order valence-electron chi connectivity index (χ0n) is 25.7. The molecule has 17 heteroatoms. The van der Waals surface area contributed by atoms with E-state index in [0.717, 1.165) is 4.31 Å². The Labute approximate surface area is 285 Å². The maximum Gasteiger partial charge on any atom is 0.313 e. The number of amides is 3. The van der Waals surface area contributed by atoms with Crippen molar-refractivity contribution in [3.63, 3.8) is 0 Å². The van der Waals surface area contributed by atoms with Gasteiger partial charge < -0.3 is 29.3 Å². The number of ether oxygens (including phenoxy) is 3. The summed E-state index contributed by atoms with van der Waals surface area (Å²) in [5, 5.41) is 9.18. The molecule has 1 aromatic heterocycles. The predicted molar refractivity (Wildman–Crippen MR) is 178 cm³/mol. The molecule has 3 amide bonds. The Morgan fingerprint density at radius 2 is 1.58 bits per heavy atom. The van der Waals surface area contributed by atoms with E-state index in [1.807, 2.05) is 0 Å². The van der Waals surface area contributed by atoms with Crippen molar-refractivity contribution in [2.45, 2.75) is 11.4 Å². The van der Waals surface area contributed by atoms with Crippen LogP contribution in [0.25, 0.3) is 0 Å². The number of halogens is 2. The van der Waals surface area contributed by atoms with Gasteiger partial charge in [-0.15, -0.1) is 0 Å². The molecule has 0 aliphatic carbocycles. The normalized spacial score (nSPS) is 11.1. The molecule has 14 nitrogen and oxygen atoms in total. The van der Waals surface area contributed by atoms with Crippen LogP contribution in [0.1, 0.15) is 11.5 Å². The van der Waals surface area contributed by atoms with Crippen LogP contribution in [0, 0.1) is 0 Å². The fourth-order valence-corrected chi connectivity index (χ4v) is 5.80. The van der Waals surface area contributed by atoms with Crippen LogP contribution in [0.2, 0.25) is 10.0 Å². The van der Waals surface area contributed by atoms with Gasteiger partial charge >= 0.3 is 11.8 Å². The summed E-state index contributed by atoms with van der Waals surface area (Å²) in [5.41, 5.74) is 2.75. The minimum absolute atomic E-state index is 0.126. The molecule has 0 aliphatic heterocycles. The van der Waals surface area contributed by atoms with Crippen molar-refractivity contribution in [1.29, 1.82) is 0 Å². The van der Waals surface area contributed by atoms with E-state index in [9.17, 15) is 22.8 Å². The molecule has 4 rings (SSSR count). The van der Waals surface area contributed by atoms with Crippen LogP contribution in [0.15, 0.2) is 87.2 Å². The summed E-state index contributed by atoms with van der Waals surface area (Å²) in [6.45, 7) is -0.765. The van der Waals surface area contributed by atoms with Crippen molar-refractivity contribution in [2.24, 2.45) is 5.10 Å². The zero-order valence-corrected chi connectivity index (χ0v) is 28.0. The molecule has 0 unspecified atom stereocenters. The van der Waals surface area contributed by atoms with E-state index < -0.39 is 34.3 Å². The molecule has 0 saturated heterocycles. The average molecular weight is 719 g/mol. The standard InChI is InChI=1S/C31H29Cl2N5O9S/c1-44-21-7-5-20(6-8-21)38(48(42,43)24-11-13-27(45-2)28(15-24)46-3)18-29(39)37-35-17-23-10-9-22(47-23)16-34-30(40)31(41)36-19-4-12-25(32)26(33)14-19/h4-15,17H,16,18H2,1-3H3,(H,34,40)(H,36,41)(H,37,39)/b35-17-. The monoisotopic (exact) mass is 717 g/mol. The Hall–Kier alpha value is -5.25. The lowest BCUT2D eigenvalue weighted by atomic mass is 10.3. The second-order valence-corrected chi connectivity index (χ2v) is 12.3. The SMILES string of the molecule is COc1ccc(N(CC(=O)N/N=C\c2ccc(CNC(=O)C(=O)Nc3ccc(Cl)c(Cl)c3)o2)S(=O)(=O)c2ccc(OC)c(OC)c2)cc1. The van der Waals surface area contributed by atoms with E-state index in [1.165, 1.54) is 88.2 Å². The van der Waals surface area contributed by atoms with E-state index in [-0.39, 0.29) is 45.1 Å². The summed E-state index contributed by atoms with van der Waals surface area (Å²) in [4.78, 5) is 37.2. The van der Waals surface area contributed by atoms with Crippen molar-refractivity contribution in [3.8, 4) is 17.2 Å². The molecule has 0 aliphatic rings. The maximum absolute atomic E-state index is 13.8. The Bertz CT molecular complexity index is 1930. The highest BCUT2D eigenvalue weighted by Crippen LogP contribution is 2.32. The van der Waals surface area contributed by atoms with Gasteiger partial charge in [0.1, 0.15) is 23.8 Å². The van der Waals surface area contributed by atoms with E-state index in [2.05, 4.69) is 21.2 Å². The van der Waals surface area contributed by atoms with Gasteiger partial charge in [0.05, 0.1) is 54.7 Å². The molecule has 0 fully saturated rings. The van der Waals surface area contributed by atoms with Crippen LogP contribution in [0.3, 0.4) is 0 Å². The van der Waals surface area contributed by atoms with Gasteiger partial charge in [-0.25, -0.2) is 13.8 Å². The maximum atomic E-state index is 13.8. The molecule has 0 saturated carbocycles. The minimum atomic E-state index is -4.29. The van der Waals surface area contributed by atoms with Crippen molar-refractivity contribution in [3.05, 3.63) is 94.4 Å². The Kier molecular flexibility index (Phi) is 11.9. The van der Waals surface area contributed by atoms with Crippen LogP contribution in [0.5, 0.6) is 17.2 Å². The van der Waals surface area contributed by atoms with Crippen molar-refractivity contribution in [2.75, 3.05) is 37.5 Å². The van der Waals surface area contributed by atoms with E-state index in [1.54, 1.807) is 12.1 Å². The third-order valence-electron chi connectivity index (χ3n) is 6.46. The number of methoxy groups -OCH3 is 3. The first-order valence-corrected chi connectivity index (χ1v) is 16.0. The number of nitrogens with one attached hydrogen (secondary N) is 3. The number of carbonyl (C=O) groups is 3. The molecule has 0 radical (unpaired) electrons. The van der Waals surface area contributed by atoms with E-state index in [4.69, 9.17) is 41.8 Å². The minimum Gasteiger partial charge on any atom is -0.497 e. The van der Waals surface area contributed by atoms with Gasteiger partial charge in [0.15, 0.2) is 11.5 Å². The van der Waals surface area contributed by atoms with Gasteiger partial charge in [-0.2, -0.15) is 5.10 Å². The molecule has 3 aromatic carbocycles. The molecule has 0 atom stereocenters. The second-order valence-electron chi connectivity index (χ2n) is 9.59. The summed E-state index contributed by atoms with van der Waals surface area (Å²) >= 11 is 11.8. The number of hydrogen-bond acceptors (Lipinski definition) is 10. The van der Waals surface area contributed by atoms with Crippen LogP contribution < -0.4 is 34.6 Å². The largest absolute Gasteiger partial charge is 0.497 e. The number of benzene rings is 3. The van der Waals surface area contributed by atoms with Gasteiger partial charge in [0.25, 0.3) is 15.9 Å². The molecular formula is C31H29Cl2N5O9S.